The molecule has 0 aliphatic carbocycles. The van der Waals surface area contributed by atoms with Gasteiger partial charge in [-0.15, -0.1) is 0 Å². The highest BCUT2D eigenvalue weighted by molar-refractivity contribution is 5.79. The maximum absolute atomic E-state index is 9.44. The van der Waals surface area contributed by atoms with E-state index in [1.165, 1.54) is 0 Å². The second-order valence-electron chi connectivity index (χ2n) is 2.73. The lowest BCUT2D eigenvalue weighted by Crippen LogP contribution is -2.00. The number of rotatable bonds is 1. The van der Waals surface area contributed by atoms with Crippen molar-refractivity contribution in [3.63, 3.8) is 0 Å². The van der Waals surface area contributed by atoms with Gasteiger partial charge in [0.05, 0.1) is 11.2 Å². The molecule has 66 valence electrons. The number of pyridine rings is 2. The molecular weight excluding hydrogens is 166 g/mol. The van der Waals surface area contributed by atoms with Crippen molar-refractivity contribution in [3.05, 3.63) is 30.2 Å². The summed E-state index contributed by atoms with van der Waals surface area (Å²) in [5.41, 5.74) is 6.72. The second-order valence-corrected chi connectivity index (χ2v) is 2.73. The van der Waals surface area contributed by atoms with Crippen LogP contribution in [-0.4, -0.2) is 15.1 Å². The van der Waals surface area contributed by atoms with Gasteiger partial charge in [0.1, 0.15) is 5.75 Å². The van der Waals surface area contributed by atoms with Crippen molar-refractivity contribution < 1.29 is 5.11 Å². The normalized spacial score (nSPS) is 10.5. The van der Waals surface area contributed by atoms with Gasteiger partial charge in [0.15, 0.2) is 0 Å². The van der Waals surface area contributed by atoms with Gasteiger partial charge in [0, 0.05) is 24.3 Å². The number of nitrogens with zero attached hydrogens (tertiary/aromatic N) is 2. The summed E-state index contributed by atoms with van der Waals surface area (Å²) in [6, 6.07) is 3.41. The van der Waals surface area contributed by atoms with Crippen LogP contribution in [0.5, 0.6) is 5.75 Å². The van der Waals surface area contributed by atoms with Crippen molar-refractivity contribution >= 4 is 10.9 Å². The van der Waals surface area contributed by atoms with E-state index in [1.54, 1.807) is 24.5 Å². The van der Waals surface area contributed by atoms with E-state index >= 15 is 0 Å². The van der Waals surface area contributed by atoms with Crippen molar-refractivity contribution in [2.45, 2.75) is 6.54 Å². The molecule has 3 N–H and O–H groups in total. The van der Waals surface area contributed by atoms with E-state index in [0.717, 1.165) is 10.9 Å². The zero-order valence-corrected chi connectivity index (χ0v) is 6.94. The van der Waals surface area contributed by atoms with Crippen molar-refractivity contribution in [1.29, 1.82) is 0 Å². The smallest absolute Gasteiger partial charge is 0.139 e. The molecule has 0 saturated carbocycles. The summed E-state index contributed by atoms with van der Waals surface area (Å²) in [5.74, 6) is 0.128. The molecule has 4 heteroatoms. The fraction of sp³-hybridized carbons (Fsp3) is 0.111. The number of hydrogen-bond donors (Lipinski definition) is 2. The van der Waals surface area contributed by atoms with Crippen LogP contribution in [0.2, 0.25) is 0 Å². The number of fused-ring (bicyclic) bond motifs is 1. The molecular formula is C9H9N3O. The molecule has 0 amide bonds. The number of hydrogen-bond acceptors (Lipinski definition) is 4. The summed E-state index contributed by atoms with van der Waals surface area (Å²) in [4.78, 5) is 8.11. The van der Waals surface area contributed by atoms with Gasteiger partial charge < -0.3 is 10.8 Å². The Labute approximate surface area is 75.1 Å². The summed E-state index contributed by atoms with van der Waals surface area (Å²) in [6.07, 6.45) is 3.31. The van der Waals surface area contributed by atoms with Gasteiger partial charge in [-0.1, -0.05) is 0 Å². The van der Waals surface area contributed by atoms with Crippen LogP contribution in [0, 0.1) is 0 Å². The van der Waals surface area contributed by atoms with Gasteiger partial charge in [-0.2, -0.15) is 0 Å². The molecule has 2 aromatic heterocycles. The van der Waals surface area contributed by atoms with E-state index in [1.807, 2.05) is 0 Å². The third-order valence-electron chi connectivity index (χ3n) is 1.86. The van der Waals surface area contributed by atoms with E-state index in [2.05, 4.69) is 9.97 Å². The topological polar surface area (TPSA) is 72.0 Å². The predicted octanol–water partition coefficient (Wildman–Crippen LogP) is 0.794. The van der Waals surface area contributed by atoms with Gasteiger partial charge in [0.2, 0.25) is 0 Å². The zero-order chi connectivity index (χ0) is 9.26. The monoisotopic (exact) mass is 175 g/mol. The van der Waals surface area contributed by atoms with Crippen molar-refractivity contribution in [2.24, 2.45) is 5.73 Å². The number of aromatic hydroxyl groups is 1. The van der Waals surface area contributed by atoms with E-state index in [9.17, 15) is 5.11 Å². The number of aromatic nitrogens is 2. The van der Waals surface area contributed by atoms with E-state index in [0.29, 0.717) is 5.69 Å². The van der Waals surface area contributed by atoms with Gasteiger partial charge >= 0.3 is 0 Å². The van der Waals surface area contributed by atoms with E-state index < -0.39 is 0 Å². The molecule has 0 fully saturated rings. The molecule has 0 unspecified atom stereocenters. The molecule has 0 atom stereocenters. The molecule has 0 aliphatic heterocycles. The van der Waals surface area contributed by atoms with Crippen LogP contribution in [0.4, 0.5) is 0 Å². The minimum Gasteiger partial charge on any atom is -0.506 e. The maximum Gasteiger partial charge on any atom is 0.139 e. The minimum absolute atomic E-state index is 0.128. The Balaban J connectivity index is 2.74. The Morgan fingerprint density at radius 2 is 2.31 bits per heavy atom. The van der Waals surface area contributed by atoms with Gasteiger partial charge in [-0.25, -0.2) is 4.98 Å². The molecule has 0 saturated heterocycles. The third-order valence-corrected chi connectivity index (χ3v) is 1.86. The Bertz CT molecular complexity index is 442. The molecule has 2 rings (SSSR count). The van der Waals surface area contributed by atoms with Crippen LogP contribution in [0.15, 0.2) is 24.5 Å². The zero-order valence-electron chi connectivity index (χ0n) is 6.94. The summed E-state index contributed by atoms with van der Waals surface area (Å²) < 4.78 is 0. The molecule has 2 heterocycles. The molecule has 0 spiro atoms. The Kier molecular flexibility index (Phi) is 1.83. The lowest BCUT2D eigenvalue weighted by Gasteiger charge is -2.02. The third kappa shape index (κ3) is 1.31. The summed E-state index contributed by atoms with van der Waals surface area (Å²) >= 11 is 0. The fourth-order valence-electron chi connectivity index (χ4n) is 1.20. The summed E-state index contributed by atoms with van der Waals surface area (Å²) in [7, 11) is 0. The molecule has 4 nitrogen and oxygen atoms in total. The summed E-state index contributed by atoms with van der Waals surface area (Å²) in [6.45, 7) is 0.240. The molecule has 13 heavy (non-hydrogen) atoms. The Morgan fingerprint density at radius 1 is 1.46 bits per heavy atom. The molecule has 0 bridgehead atoms. The predicted molar refractivity (Wildman–Crippen MR) is 49.1 cm³/mol. The fourth-order valence-corrected chi connectivity index (χ4v) is 1.20. The highest BCUT2D eigenvalue weighted by Crippen LogP contribution is 2.20. The average molecular weight is 175 g/mol. The van der Waals surface area contributed by atoms with Crippen molar-refractivity contribution in [2.75, 3.05) is 0 Å². The highest BCUT2D eigenvalue weighted by Gasteiger charge is 2.02. The van der Waals surface area contributed by atoms with Crippen LogP contribution in [-0.2, 0) is 6.54 Å². The van der Waals surface area contributed by atoms with Crippen LogP contribution >= 0.6 is 0 Å². The Hall–Kier alpha value is -1.68. The van der Waals surface area contributed by atoms with E-state index in [4.69, 9.17) is 5.73 Å². The lowest BCUT2D eigenvalue weighted by molar-refractivity contribution is 0.465. The van der Waals surface area contributed by atoms with Crippen molar-refractivity contribution in [3.8, 4) is 5.75 Å². The second kappa shape index (κ2) is 2.99. The summed E-state index contributed by atoms with van der Waals surface area (Å²) in [5, 5.41) is 10.3. The maximum atomic E-state index is 9.44. The first kappa shape index (κ1) is 7.94. The minimum atomic E-state index is 0.128. The largest absolute Gasteiger partial charge is 0.506 e. The SMILES string of the molecule is NCc1nc2ccncc2cc1O. The lowest BCUT2D eigenvalue weighted by atomic mass is 10.2. The van der Waals surface area contributed by atoms with Gasteiger partial charge in [-0.3, -0.25) is 4.98 Å². The highest BCUT2D eigenvalue weighted by atomic mass is 16.3. The molecule has 2 aromatic rings. The Morgan fingerprint density at radius 3 is 3.08 bits per heavy atom. The first-order valence-electron chi connectivity index (χ1n) is 3.94. The first-order chi connectivity index (χ1) is 6.31. The van der Waals surface area contributed by atoms with E-state index in [-0.39, 0.29) is 12.3 Å². The van der Waals surface area contributed by atoms with Crippen molar-refractivity contribution in [1.82, 2.24) is 9.97 Å². The molecule has 0 radical (unpaired) electrons. The first-order valence-corrected chi connectivity index (χ1v) is 3.94. The average Bonchev–Trinajstić information content (AvgIpc) is 2.17. The van der Waals surface area contributed by atoms with Gasteiger partial charge in [0.25, 0.3) is 0 Å². The van der Waals surface area contributed by atoms with Gasteiger partial charge in [-0.05, 0) is 12.1 Å². The molecule has 0 aliphatic rings. The standard InChI is InChI=1S/C9H9N3O/c10-4-8-9(13)3-6-5-11-2-1-7(6)12-8/h1-3,5,13H,4,10H2. The van der Waals surface area contributed by atoms with Crippen LogP contribution in [0.3, 0.4) is 0 Å². The van der Waals surface area contributed by atoms with Crippen LogP contribution in [0.1, 0.15) is 5.69 Å². The molecule has 0 aromatic carbocycles. The quantitative estimate of drug-likeness (QED) is 0.672. The van der Waals surface area contributed by atoms with Crippen LogP contribution < -0.4 is 5.73 Å². The van der Waals surface area contributed by atoms with Crippen LogP contribution in [0.25, 0.3) is 10.9 Å². The number of nitrogens with two attached hydrogens (primary N) is 1.